The number of aryl methyl sites for hydroxylation is 2. The molecular weight excluding hydrogens is 200 g/mol. The van der Waals surface area contributed by atoms with Crippen molar-refractivity contribution in [1.82, 2.24) is 10.3 Å². The van der Waals surface area contributed by atoms with Crippen LogP contribution in [0.3, 0.4) is 0 Å². The number of rotatable bonds is 6. The molecule has 1 atom stereocenters. The second-order valence-electron chi connectivity index (χ2n) is 4.19. The van der Waals surface area contributed by atoms with Crippen molar-refractivity contribution in [2.24, 2.45) is 0 Å². The fourth-order valence-corrected chi connectivity index (χ4v) is 1.94. The predicted octanol–water partition coefficient (Wildman–Crippen LogP) is 2.39. The molecule has 0 aliphatic rings. The van der Waals surface area contributed by atoms with E-state index in [0.29, 0.717) is 6.04 Å². The zero-order valence-corrected chi connectivity index (χ0v) is 10.7. The first-order valence-corrected chi connectivity index (χ1v) is 5.78. The van der Waals surface area contributed by atoms with Crippen LogP contribution in [-0.4, -0.2) is 25.7 Å². The van der Waals surface area contributed by atoms with Gasteiger partial charge in [0.1, 0.15) is 0 Å². The van der Waals surface area contributed by atoms with E-state index in [1.54, 1.807) is 7.11 Å². The van der Waals surface area contributed by atoms with Gasteiger partial charge in [0.15, 0.2) is 0 Å². The van der Waals surface area contributed by atoms with Gasteiger partial charge in [-0.2, -0.15) is 0 Å². The smallest absolute Gasteiger partial charge is 0.0602 e. The van der Waals surface area contributed by atoms with E-state index < -0.39 is 0 Å². The van der Waals surface area contributed by atoms with Crippen molar-refractivity contribution in [2.45, 2.75) is 32.7 Å². The first kappa shape index (κ1) is 13.1. The second kappa shape index (κ2) is 6.61. The van der Waals surface area contributed by atoms with E-state index in [4.69, 9.17) is 4.74 Å². The fourth-order valence-electron chi connectivity index (χ4n) is 1.94. The monoisotopic (exact) mass is 222 g/mol. The molecule has 1 aromatic heterocycles. The maximum Gasteiger partial charge on any atom is 0.0602 e. The standard InChI is InChI=1S/C13H22N2O/c1-10-8-11(2)13(15-9-10)12(14-3)6-5-7-16-4/h8-9,12,14H,5-7H2,1-4H3. The van der Waals surface area contributed by atoms with Crippen LogP contribution in [0.5, 0.6) is 0 Å². The summed E-state index contributed by atoms with van der Waals surface area (Å²) >= 11 is 0. The number of hydrogen-bond acceptors (Lipinski definition) is 3. The molecule has 0 radical (unpaired) electrons. The van der Waals surface area contributed by atoms with Crippen LogP contribution in [0.1, 0.15) is 35.7 Å². The minimum absolute atomic E-state index is 0.329. The van der Waals surface area contributed by atoms with Gasteiger partial charge in [0.25, 0.3) is 0 Å². The van der Waals surface area contributed by atoms with Gasteiger partial charge in [-0.25, -0.2) is 0 Å². The van der Waals surface area contributed by atoms with Crippen molar-refractivity contribution in [3.63, 3.8) is 0 Å². The third-order valence-corrected chi connectivity index (χ3v) is 2.78. The third-order valence-electron chi connectivity index (χ3n) is 2.78. The predicted molar refractivity (Wildman–Crippen MR) is 66.6 cm³/mol. The first-order chi connectivity index (χ1) is 7.69. The average molecular weight is 222 g/mol. The van der Waals surface area contributed by atoms with Crippen LogP contribution in [0.15, 0.2) is 12.3 Å². The molecule has 0 aliphatic heterocycles. The van der Waals surface area contributed by atoms with E-state index in [0.717, 1.165) is 25.1 Å². The second-order valence-corrected chi connectivity index (χ2v) is 4.19. The van der Waals surface area contributed by atoms with Gasteiger partial charge in [-0.15, -0.1) is 0 Å². The highest BCUT2D eigenvalue weighted by Gasteiger charge is 2.12. The molecule has 0 spiro atoms. The minimum Gasteiger partial charge on any atom is -0.385 e. The van der Waals surface area contributed by atoms with E-state index in [1.165, 1.54) is 11.1 Å². The van der Waals surface area contributed by atoms with E-state index in [9.17, 15) is 0 Å². The van der Waals surface area contributed by atoms with E-state index in [-0.39, 0.29) is 0 Å². The molecule has 0 fully saturated rings. The lowest BCUT2D eigenvalue weighted by molar-refractivity contribution is 0.189. The van der Waals surface area contributed by atoms with Crippen molar-refractivity contribution in [3.8, 4) is 0 Å². The summed E-state index contributed by atoms with van der Waals surface area (Å²) in [7, 11) is 3.72. The van der Waals surface area contributed by atoms with Crippen molar-refractivity contribution in [3.05, 3.63) is 29.1 Å². The normalized spacial score (nSPS) is 12.8. The highest BCUT2D eigenvalue weighted by molar-refractivity contribution is 5.25. The van der Waals surface area contributed by atoms with Crippen molar-refractivity contribution >= 4 is 0 Å². The molecule has 1 heterocycles. The molecule has 1 N–H and O–H groups in total. The molecule has 90 valence electrons. The Hall–Kier alpha value is -0.930. The highest BCUT2D eigenvalue weighted by Crippen LogP contribution is 2.20. The summed E-state index contributed by atoms with van der Waals surface area (Å²) in [4.78, 5) is 4.52. The molecule has 16 heavy (non-hydrogen) atoms. The van der Waals surface area contributed by atoms with Crippen LogP contribution in [-0.2, 0) is 4.74 Å². The molecule has 0 amide bonds. The molecule has 1 aromatic rings. The lowest BCUT2D eigenvalue weighted by Crippen LogP contribution is -2.19. The van der Waals surface area contributed by atoms with Crippen LogP contribution in [0, 0.1) is 13.8 Å². The Balaban J connectivity index is 2.70. The summed E-state index contributed by atoms with van der Waals surface area (Å²) in [5.74, 6) is 0. The summed E-state index contributed by atoms with van der Waals surface area (Å²) in [5, 5.41) is 3.32. The molecule has 0 saturated carbocycles. The SMILES string of the molecule is CNC(CCCOC)c1ncc(C)cc1C. The Morgan fingerprint density at radius 2 is 2.19 bits per heavy atom. The maximum absolute atomic E-state index is 5.07. The number of aromatic nitrogens is 1. The lowest BCUT2D eigenvalue weighted by Gasteiger charge is -2.17. The molecule has 0 aromatic carbocycles. The molecule has 3 heteroatoms. The Kier molecular flexibility index (Phi) is 5.43. The van der Waals surface area contributed by atoms with E-state index in [1.807, 2.05) is 13.2 Å². The summed E-state index contributed by atoms with van der Waals surface area (Å²) < 4.78 is 5.07. The number of ether oxygens (including phenoxy) is 1. The van der Waals surface area contributed by atoms with Gasteiger partial charge < -0.3 is 10.1 Å². The van der Waals surface area contributed by atoms with Gasteiger partial charge in [-0.3, -0.25) is 4.98 Å². The summed E-state index contributed by atoms with van der Waals surface area (Å²) in [5.41, 5.74) is 3.63. The summed E-state index contributed by atoms with van der Waals surface area (Å²) in [6.45, 7) is 5.00. The molecule has 0 bridgehead atoms. The van der Waals surface area contributed by atoms with Crippen LogP contribution in [0.2, 0.25) is 0 Å². The van der Waals surface area contributed by atoms with Crippen molar-refractivity contribution in [1.29, 1.82) is 0 Å². The molecule has 1 unspecified atom stereocenters. The summed E-state index contributed by atoms with van der Waals surface area (Å²) in [6, 6.07) is 2.51. The Bertz CT molecular complexity index is 326. The lowest BCUT2D eigenvalue weighted by atomic mass is 10.0. The third kappa shape index (κ3) is 3.58. The van der Waals surface area contributed by atoms with Gasteiger partial charge in [0.2, 0.25) is 0 Å². The first-order valence-electron chi connectivity index (χ1n) is 5.78. The van der Waals surface area contributed by atoms with Crippen LogP contribution < -0.4 is 5.32 Å². The molecular formula is C13H22N2O. The number of hydrogen-bond donors (Lipinski definition) is 1. The van der Waals surface area contributed by atoms with E-state index >= 15 is 0 Å². The van der Waals surface area contributed by atoms with Crippen molar-refractivity contribution in [2.75, 3.05) is 20.8 Å². The number of nitrogens with zero attached hydrogens (tertiary/aromatic N) is 1. The van der Waals surface area contributed by atoms with Gasteiger partial charge in [0.05, 0.1) is 5.69 Å². The minimum atomic E-state index is 0.329. The fraction of sp³-hybridized carbons (Fsp3) is 0.615. The largest absolute Gasteiger partial charge is 0.385 e. The van der Waals surface area contributed by atoms with E-state index in [2.05, 4.69) is 30.2 Å². The zero-order valence-electron chi connectivity index (χ0n) is 10.7. The molecule has 3 nitrogen and oxygen atoms in total. The van der Waals surface area contributed by atoms with Crippen LogP contribution >= 0.6 is 0 Å². The molecule has 1 rings (SSSR count). The topological polar surface area (TPSA) is 34.1 Å². The summed E-state index contributed by atoms with van der Waals surface area (Å²) in [6.07, 6.45) is 4.04. The number of nitrogens with one attached hydrogen (secondary N) is 1. The average Bonchev–Trinajstić information content (AvgIpc) is 2.26. The molecule has 0 saturated heterocycles. The van der Waals surface area contributed by atoms with Gasteiger partial charge in [0, 0.05) is 26.0 Å². The van der Waals surface area contributed by atoms with Gasteiger partial charge in [-0.05, 0) is 44.9 Å². The number of pyridine rings is 1. The Morgan fingerprint density at radius 1 is 1.44 bits per heavy atom. The Labute approximate surface area is 98.2 Å². The van der Waals surface area contributed by atoms with Crippen LogP contribution in [0.25, 0.3) is 0 Å². The van der Waals surface area contributed by atoms with Crippen LogP contribution in [0.4, 0.5) is 0 Å². The zero-order chi connectivity index (χ0) is 12.0. The highest BCUT2D eigenvalue weighted by atomic mass is 16.5. The van der Waals surface area contributed by atoms with Crippen molar-refractivity contribution < 1.29 is 4.74 Å². The van der Waals surface area contributed by atoms with Gasteiger partial charge >= 0.3 is 0 Å². The van der Waals surface area contributed by atoms with Gasteiger partial charge in [-0.1, -0.05) is 6.07 Å². The quantitative estimate of drug-likeness (QED) is 0.750. The maximum atomic E-state index is 5.07. The molecule has 0 aliphatic carbocycles. The Morgan fingerprint density at radius 3 is 2.75 bits per heavy atom. The number of methoxy groups -OCH3 is 1.